The molecular weight excluding hydrogens is 370 g/mol. The number of nitrogens with zero attached hydrogens (tertiary/aromatic N) is 4. The van der Waals surface area contributed by atoms with Crippen LogP contribution in [0.3, 0.4) is 0 Å². The lowest BCUT2D eigenvalue weighted by Gasteiger charge is -2.14. The Morgan fingerprint density at radius 2 is 1.86 bits per heavy atom. The Balaban J connectivity index is 2.06. The highest BCUT2D eigenvalue weighted by Gasteiger charge is 2.29. The molecule has 3 aromatic heterocycles. The molecule has 0 saturated heterocycles. The van der Waals surface area contributed by atoms with Crippen LogP contribution >= 0.6 is 0 Å². The normalized spacial score (nSPS) is 11.4. The van der Waals surface area contributed by atoms with E-state index in [4.69, 9.17) is 4.42 Å². The molecule has 0 bridgehead atoms. The van der Waals surface area contributed by atoms with Gasteiger partial charge in [-0.3, -0.25) is 4.79 Å². The van der Waals surface area contributed by atoms with E-state index in [0.29, 0.717) is 28.6 Å². The first-order valence-corrected chi connectivity index (χ1v) is 8.33. The predicted octanol–water partition coefficient (Wildman–Crippen LogP) is 3.96. The minimum Gasteiger partial charge on any atom is -0.441 e. The number of hydrogen-bond donors (Lipinski definition) is 2. The standard InChI is InChI=1S/C18H18F2N6O2/c1-9-5-16(26-17(23-9)18(4,19)20)25-13-6-15(24-10(2)27)22-7-12(13)14-8-21-11(3)28-14/h5-8H,1-4H3,(H2,22,23,24,25,26,27). The van der Waals surface area contributed by atoms with Crippen LogP contribution in [0.25, 0.3) is 11.3 Å². The molecule has 28 heavy (non-hydrogen) atoms. The second-order valence-electron chi connectivity index (χ2n) is 6.27. The second-order valence-corrected chi connectivity index (χ2v) is 6.27. The quantitative estimate of drug-likeness (QED) is 0.681. The average molecular weight is 388 g/mol. The molecule has 1 amide bonds. The van der Waals surface area contributed by atoms with Crippen LogP contribution in [-0.2, 0) is 10.7 Å². The molecule has 3 rings (SSSR count). The third-order valence-corrected chi connectivity index (χ3v) is 3.60. The molecule has 0 atom stereocenters. The molecule has 0 aliphatic heterocycles. The van der Waals surface area contributed by atoms with Gasteiger partial charge in [-0.25, -0.2) is 19.9 Å². The molecule has 10 heteroatoms. The number of halogens is 2. The largest absolute Gasteiger partial charge is 0.441 e. The van der Waals surface area contributed by atoms with Crippen LogP contribution in [-0.4, -0.2) is 25.8 Å². The molecule has 3 heterocycles. The van der Waals surface area contributed by atoms with Gasteiger partial charge in [-0.1, -0.05) is 0 Å². The van der Waals surface area contributed by atoms with Gasteiger partial charge in [-0.05, 0) is 6.92 Å². The Hall–Kier alpha value is -3.43. The summed E-state index contributed by atoms with van der Waals surface area (Å²) in [7, 11) is 0. The summed E-state index contributed by atoms with van der Waals surface area (Å²) >= 11 is 0. The summed E-state index contributed by atoms with van der Waals surface area (Å²) in [6, 6.07) is 3.08. The van der Waals surface area contributed by atoms with Gasteiger partial charge in [0.05, 0.1) is 17.4 Å². The van der Waals surface area contributed by atoms with Crippen LogP contribution in [0.1, 0.15) is 31.3 Å². The monoisotopic (exact) mass is 388 g/mol. The van der Waals surface area contributed by atoms with Gasteiger partial charge < -0.3 is 15.1 Å². The third-order valence-electron chi connectivity index (χ3n) is 3.60. The fourth-order valence-corrected chi connectivity index (χ4v) is 2.46. The number of aryl methyl sites for hydroxylation is 2. The fourth-order valence-electron chi connectivity index (χ4n) is 2.46. The van der Waals surface area contributed by atoms with Crippen LogP contribution in [0.5, 0.6) is 0 Å². The van der Waals surface area contributed by atoms with E-state index in [1.165, 1.54) is 25.4 Å². The molecule has 0 aliphatic carbocycles. The summed E-state index contributed by atoms with van der Waals surface area (Å²) < 4.78 is 32.9. The highest BCUT2D eigenvalue weighted by molar-refractivity contribution is 5.89. The molecule has 0 saturated carbocycles. The zero-order chi connectivity index (χ0) is 20.5. The molecule has 3 aromatic rings. The van der Waals surface area contributed by atoms with Gasteiger partial charge >= 0.3 is 5.92 Å². The first-order chi connectivity index (χ1) is 13.1. The number of carbonyl (C=O) groups is 1. The maximum Gasteiger partial charge on any atom is 0.303 e. The molecule has 0 fully saturated rings. The molecule has 146 valence electrons. The maximum atomic E-state index is 13.7. The smallest absolute Gasteiger partial charge is 0.303 e. The molecule has 8 nitrogen and oxygen atoms in total. The maximum absolute atomic E-state index is 13.7. The average Bonchev–Trinajstić information content (AvgIpc) is 2.99. The van der Waals surface area contributed by atoms with Crippen molar-refractivity contribution in [3.63, 3.8) is 0 Å². The van der Waals surface area contributed by atoms with Crippen molar-refractivity contribution in [1.29, 1.82) is 0 Å². The zero-order valence-electron chi connectivity index (χ0n) is 15.7. The van der Waals surface area contributed by atoms with Gasteiger partial charge in [0.25, 0.3) is 0 Å². The lowest BCUT2D eigenvalue weighted by atomic mass is 10.2. The molecule has 2 N–H and O–H groups in total. The van der Waals surface area contributed by atoms with Crippen molar-refractivity contribution >= 4 is 23.2 Å². The first-order valence-electron chi connectivity index (χ1n) is 8.33. The van der Waals surface area contributed by atoms with Gasteiger partial charge in [-0.15, -0.1) is 0 Å². The van der Waals surface area contributed by atoms with Gasteiger partial charge in [-0.2, -0.15) is 8.78 Å². The Morgan fingerprint density at radius 3 is 2.46 bits per heavy atom. The van der Waals surface area contributed by atoms with Crippen molar-refractivity contribution in [3.05, 3.63) is 41.9 Å². The van der Waals surface area contributed by atoms with Crippen molar-refractivity contribution in [2.45, 2.75) is 33.6 Å². The summed E-state index contributed by atoms with van der Waals surface area (Å²) in [5.74, 6) is -2.75. The van der Waals surface area contributed by atoms with Gasteiger partial charge in [0.1, 0.15) is 11.6 Å². The number of hydrogen-bond acceptors (Lipinski definition) is 7. The Morgan fingerprint density at radius 1 is 1.11 bits per heavy atom. The molecule has 0 aliphatic rings. The molecule has 0 radical (unpaired) electrons. The fraction of sp³-hybridized carbons (Fsp3) is 0.278. The van der Waals surface area contributed by atoms with E-state index in [1.54, 1.807) is 19.9 Å². The van der Waals surface area contributed by atoms with Crippen molar-refractivity contribution < 1.29 is 18.0 Å². The van der Waals surface area contributed by atoms with Crippen LogP contribution < -0.4 is 10.6 Å². The topological polar surface area (TPSA) is 106 Å². The van der Waals surface area contributed by atoms with E-state index in [0.717, 1.165) is 6.92 Å². The highest BCUT2D eigenvalue weighted by atomic mass is 19.3. The first kappa shape index (κ1) is 19.3. The predicted molar refractivity (Wildman–Crippen MR) is 98.4 cm³/mol. The van der Waals surface area contributed by atoms with Crippen molar-refractivity contribution in [2.75, 3.05) is 10.6 Å². The van der Waals surface area contributed by atoms with Crippen LogP contribution in [0, 0.1) is 13.8 Å². The molecule has 0 unspecified atom stereocenters. The minimum atomic E-state index is -3.19. The van der Waals surface area contributed by atoms with E-state index in [9.17, 15) is 13.6 Å². The van der Waals surface area contributed by atoms with Crippen molar-refractivity contribution in [1.82, 2.24) is 19.9 Å². The van der Waals surface area contributed by atoms with E-state index in [1.807, 2.05) is 0 Å². The van der Waals surface area contributed by atoms with E-state index in [-0.39, 0.29) is 17.5 Å². The SMILES string of the molecule is CC(=O)Nc1cc(Nc2cc(C)nc(C(C)(F)F)n2)c(-c2cnc(C)o2)cn1. The number of anilines is 3. The van der Waals surface area contributed by atoms with Gasteiger partial charge in [0, 0.05) is 44.8 Å². The van der Waals surface area contributed by atoms with Gasteiger partial charge in [0.2, 0.25) is 11.7 Å². The second kappa shape index (κ2) is 7.29. The Labute approximate surface area is 159 Å². The zero-order valence-corrected chi connectivity index (χ0v) is 15.7. The summed E-state index contributed by atoms with van der Waals surface area (Å²) in [6.45, 7) is 5.37. The van der Waals surface area contributed by atoms with Gasteiger partial charge in [0.15, 0.2) is 11.7 Å². The number of alkyl halides is 2. The van der Waals surface area contributed by atoms with Crippen LogP contribution in [0.2, 0.25) is 0 Å². The van der Waals surface area contributed by atoms with E-state index >= 15 is 0 Å². The summed E-state index contributed by atoms with van der Waals surface area (Å²) in [4.78, 5) is 27.3. The number of amides is 1. The number of aromatic nitrogens is 4. The number of carbonyl (C=O) groups excluding carboxylic acids is 1. The van der Waals surface area contributed by atoms with Crippen molar-refractivity contribution in [3.8, 4) is 11.3 Å². The van der Waals surface area contributed by atoms with Crippen molar-refractivity contribution in [2.24, 2.45) is 0 Å². The minimum absolute atomic E-state index is 0.168. The highest BCUT2D eigenvalue weighted by Crippen LogP contribution is 2.32. The Bertz CT molecular complexity index is 1030. The summed E-state index contributed by atoms with van der Waals surface area (Å²) in [6.07, 6.45) is 3.00. The molecular formula is C18H18F2N6O2. The number of oxazole rings is 1. The number of pyridine rings is 1. The molecule has 0 aromatic carbocycles. The van der Waals surface area contributed by atoms with E-state index in [2.05, 4.69) is 30.6 Å². The molecule has 0 spiro atoms. The Kier molecular flexibility index (Phi) is 5.04. The summed E-state index contributed by atoms with van der Waals surface area (Å²) in [5.41, 5.74) is 1.34. The third kappa shape index (κ3) is 4.45. The summed E-state index contributed by atoms with van der Waals surface area (Å²) in [5, 5.41) is 5.56. The lowest BCUT2D eigenvalue weighted by Crippen LogP contribution is -2.14. The van der Waals surface area contributed by atoms with Crippen LogP contribution in [0.4, 0.5) is 26.1 Å². The van der Waals surface area contributed by atoms with Crippen LogP contribution in [0.15, 0.2) is 28.9 Å². The number of nitrogens with one attached hydrogen (secondary N) is 2. The number of rotatable bonds is 5. The van der Waals surface area contributed by atoms with E-state index < -0.39 is 11.7 Å². The lowest BCUT2D eigenvalue weighted by molar-refractivity contribution is -0.114.